The smallest absolute Gasteiger partial charge is 0.224 e. The number of carbonyl (C=O) groups is 1. The van der Waals surface area contributed by atoms with Crippen molar-refractivity contribution in [3.8, 4) is 0 Å². The summed E-state index contributed by atoms with van der Waals surface area (Å²) in [7, 11) is 0. The van der Waals surface area contributed by atoms with Gasteiger partial charge in [0.2, 0.25) is 5.91 Å². The van der Waals surface area contributed by atoms with Crippen molar-refractivity contribution in [1.29, 1.82) is 0 Å². The van der Waals surface area contributed by atoms with Crippen LogP contribution in [0.2, 0.25) is 0 Å². The number of hydrogen-bond donors (Lipinski definition) is 2. The lowest BCUT2D eigenvalue weighted by Gasteiger charge is -2.20. The number of rotatable bonds is 2. The van der Waals surface area contributed by atoms with Gasteiger partial charge in [0.25, 0.3) is 0 Å². The number of nitrogens with two attached hydrogens (primary N) is 1. The lowest BCUT2D eigenvalue weighted by molar-refractivity contribution is -0.126. The van der Waals surface area contributed by atoms with Crippen molar-refractivity contribution >= 4 is 5.91 Å². The molecule has 0 aliphatic heterocycles. The fourth-order valence-electron chi connectivity index (χ4n) is 2.47. The van der Waals surface area contributed by atoms with E-state index in [9.17, 15) is 4.79 Å². The van der Waals surface area contributed by atoms with Crippen LogP contribution >= 0.6 is 0 Å². The summed E-state index contributed by atoms with van der Waals surface area (Å²) in [5, 5.41) is 3.11. The Morgan fingerprint density at radius 3 is 2.60 bits per heavy atom. The first-order chi connectivity index (χ1) is 7.18. The molecule has 3 nitrogen and oxygen atoms in total. The van der Waals surface area contributed by atoms with E-state index in [1.807, 2.05) is 0 Å². The molecule has 2 aliphatic carbocycles. The van der Waals surface area contributed by atoms with Gasteiger partial charge in [-0.05, 0) is 25.2 Å². The summed E-state index contributed by atoms with van der Waals surface area (Å²) in [5.41, 5.74) is 6.05. The Morgan fingerprint density at radius 2 is 1.93 bits per heavy atom. The highest BCUT2D eigenvalue weighted by atomic mass is 16.2. The predicted molar refractivity (Wildman–Crippen MR) is 60.3 cm³/mol. The van der Waals surface area contributed by atoms with E-state index in [4.69, 9.17) is 5.73 Å². The lowest BCUT2D eigenvalue weighted by Crippen LogP contribution is -2.42. The minimum absolute atomic E-state index is 0.0697. The average molecular weight is 210 g/mol. The summed E-state index contributed by atoms with van der Waals surface area (Å²) in [6.45, 7) is 2.18. The third-order valence-electron chi connectivity index (χ3n) is 3.84. The molecule has 2 aliphatic rings. The largest absolute Gasteiger partial charge is 0.353 e. The predicted octanol–water partition coefficient (Wildman–Crippen LogP) is 1.42. The molecule has 2 fully saturated rings. The van der Waals surface area contributed by atoms with Crippen LogP contribution in [0, 0.1) is 11.8 Å². The van der Waals surface area contributed by atoms with E-state index in [1.165, 1.54) is 12.8 Å². The second-order valence-corrected chi connectivity index (χ2v) is 5.24. The highest BCUT2D eigenvalue weighted by molar-refractivity contribution is 5.80. The van der Waals surface area contributed by atoms with Gasteiger partial charge in [-0.3, -0.25) is 4.79 Å². The van der Waals surface area contributed by atoms with Crippen molar-refractivity contribution in [2.24, 2.45) is 17.6 Å². The Hall–Kier alpha value is -0.570. The Labute approximate surface area is 91.8 Å². The number of hydrogen-bond acceptors (Lipinski definition) is 2. The van der Waals surface area contributed by atoms with Crippen LogP contribution in [0.15, 0.2) is 0 Å². The van der Waals surface area contributed by atoms with Crippen molar-refractivity contribution in [2.45, 2.75) is 57.5 Å². The molecule has 0 radical (unpaired) electrons. The fourth-order valence-corrected chi connectivity index (χ4v) is 2.47. The van der Waals surface area contributed by atoms with Crippen molar-refractivity contribution in [1.82, 2.24) is 5.32 Å². The van der Waals surface area contributed by atoms with E-state index < -0.39 is 0 Å². The Balaban J connectivity index is 1.86. The molecule has 0 aromatic carbocycles. The number of amides is 1. The molecule has 0 bridgehead atoms. The van der Waals surface area contributed by atoms with E-state index in [-0.39, 0.29) is 17.9 Å². The van der Waals surface area contributed by atoms with Crippen LogP contribution in [0.3, 0.4) is 0 Å². The maximum Gasteiger partial charge on any atom is 0.224 e. The maximum absolute atomic E-state index is 12.0. The van der Waals surface area contributed by atoms with Gasteiger partial charge in [-0.25, -0.2) is 0 Å². The first kappa shape index (κ1) is 10.9. The zero-order valence-corrected chi connectivity index (χ0v) is 9.54. The molecule has 0 heterocycles. The summed E-state index contributed by atoms with van der Waals surface area (Å²) in [6.07, 6.45) is 6.72. The molecule has 0 aromatic heterocycles. The third-order valence-corrected chi connectivity index (χ3v) is 3.84. The number of carbonyl (C=O) groups excluding carboxylic acids is 1. The lowest BCUT2D eigenvalue weighted by atomic mass is 9.94. The topological polar surface area (TPSA) is 55.1 Å². The monoisotopic (exact) mass is 210 g/mol. The highest BCUT2D eigenvalue weighted by Gasteiger charge is 2.36. The van der Waals surface area contributed by atoms with Gasteiger partial charge in [0.15, 0.2) is 0 Å². The molecule has 0 spiro atoms. The SMILES string of the molecule is CC1CC1NC(=O)C1CCCCCC1N. The van der Waals surface area contributed by atoms with Crippen LogP contribution in [0.4, 0.5) is 0 Å². The molecule has 15 heavy (non-hydrogen) atoms. The maximum atomic E-state index is 12.0. The van der Waals surface area contributed by atoms with Crippen molar-refractivity contribution in [2.75, 3.05) is 0 Å². The molecule has 3 N–H and O–H groups in total. The van der Waals surface area contributed by atoms with E-state index in [2.05, 4.69) is 12.2 Å². The van der Waals surface area contributed by atoms with Crippen molar-refractivity contribution in [3.05, 3.63) is 0 Å². The zero-order chi connectivity index (χ0) is 10.8. The van der Waals surface area contributed by atoms with Crippen LogP contribution in [-0.4, -0.2) is 18.0 Å². The second-order valence-electron chi connectivity index (χ2n) is 5.24. The van der Waals surface area contributed by atoms with Gasteiger partial charge in [0.1, 0.15) is 0 Å². The normalized spacial score (nSPS) is 40.7. The standard InChI is InChI=1S/C12H22N2O/c1-8-7-11(8)14-12(15)9-5-3-2-4-6-10(9)13/h8-11H,2-7,13H2,1H3,(H,14,15). The Morgan fingerprint density at radius 1 is 1.27 bits per heavy atom. The second kappa shape index (κ2) is 4.52. The highest BCUT2D eigenvalue weighted by Crippen LogP contribution is 2.30. The summed E-state index contributed by atoms with van der Waals surface area (Å²) in [5.74, 6) is 0.954. The van der Waals surface area contributed by atoms with E-state index in [1.54, 1.807) is 0 Å². The molecule has 0 aromatic rings. The molecular formula is C12H22N2O. The van der Waals surface area contributed by atoms with Crippen molar-refractivity contribution < 1.29 is 4.79 Å². The Bertz CT molecular complexity index is 242. The van der Waals surface area contributed by atoms with Gasteiger partial charge in [-0.2, -0.15) is 0 Å². The van der Waals surface area contributed by atoms with Gasteiger partial charge in [0, 0.05) is 12.1 Å². The van der Waals surface area contributed by atoms with Gasteiger partial charge >= 0.3 is 0 Å². The average Bonchev–Trinajstić information content (AvgIpc) is 2.90. The minimum Gasteiger partial charge on any atom is -0.353 e. The van der Waals surface area contributed by atoms with Crippen LogP contribution in [-0.2, 0) is 4.79 Å². The summed E-state index contributed by atoms with van der Waals surface area (Å²) in [4.78, 5) is 12.0. The van der Waals surface area contributed by atoms with Crippen molar-refractivity contribution in [3.63, 3.8) is 0 Å². The molecule has 4 atom stereocenters. The first-order valence-corrected chi connectivity index (χ1v) is 6.24. The van der Waals surface area contributed by atoms with Gasteiger partial charge in [-0.1, -0.05) is 26.2 Å². The van der Waals surface area contributed by atoms with Crippen LogP contribution in [0.25, 0.3) is 0 Å². The summed E-state index contributed by atoms with van der Waals surface area (Å²) < 4.78 is 0. The first-order valence-electron chi connectivity index (χ1n) is 6.24. The molecule has 3 heteroatoms. The van der Waals surface area contributed by atoms with Gasteiger partial charge < -0.3 is 11.1 Å². The molecule has 4 unspecified atom stereocenters. The summed E-state index contributed by atoms with van der Waals surface area (Å²) in [6, 6.07) is 0.523. The molecule has 1 amide bonds. The van der Waals surface area contributed by atoms with Crippen LogP contribution in [0.1, 0.15) is 45.4 Å². The van der Waals surface area contributed by atoms with Gasteiger partial charge in [0.05, 0.1) is 5.92 Å². The summed E-state index contributed by atoms with van der Waals surface area (Å²) >= 11 is 0. The van der Waals surface area contributed by atoms with Gasteiger partial charge in [-0.15, -0.1) is 0 Å². The van der Waals surface area contributed by atoms with Crippen LogP contribution in [0.5, 0.6) is 0 Å². The molecule has 2 saturated carbocycles. The van der Waals surface area contributed by atoms with E-state index in [0.717, 1.165) is 25.7 Å². The number of nitrogens with one attached hydrogen (secondary N) is 1. The van der Waals surface area contributed by atoms with Crippen LogP contribution < -0.4 is 11.1 Å². The zero-order valence-electron chi connectivity index (χ0n) is 9.54. The van der Waals surface area contributed by atoms with E-state index in [0.29, 0.717) is 12.0 Å². The molecular weight excluding hydrogens is 188 g/mol. The van der Waals surface area contributed by atoms with E-state index >= 15 is 0 Å². The fraction of sp³-hybridized carbons (Fsp3) is 0.917. The molecule has 86 valence electrons. The molecule has 2 rings (SSSR count). The third kappa shape index (κ3) is 2.71. The molecule has 0 saturated heterocycles. The minimum atomic E-state index is 0.0697. The quantitative estimate of drug-likeness (QED) is 0.677. The Kier molecular flexibility index (Phi) is 3.29.